The average Bonchev–Trinajstić information content (AvgIpc) is 3.79. The van der Waals surface area contributed by atoms with Crippen molar-refractivity contribution >= 4 is 34.4 Å². The van der Waals surface area contributed by atoms with Gasteiger partial charge in [0.25, 0.3) is 5.91 Å². The van der Waals surface area contributed by atoms with Crippen LogP contribution >= 0.6 is 0 Å². The maximum Gasteiger partial charge on any atom is 0.256 e. The number of halogens is 1. The fourth-order valence-corrected chi connectivity index (χ4v) is 5.70. The van der Waals surface area contributed by atoms with E-state index in [9.17, 15) is 9.59 Å². The second-order valence-electron chi connectivity index (χ2n) is 10.9. The van der Waals surface area contributed by atoms with Crippen LogP contribution in [0.1, 0.15) is 31.2 Å². The molecule has 1 N–H and O–H groups in total. The molecule has 2 amide bonds. The largest absolute Gasteiger partial charge is 0.371 e. The second-order valence-corrected chi connectivity index (χ2v) is 10.9. The molecule has 9 heteroatoms. The maximum absolute atomic E-state index is 15.6. The van der Waals surface area contributed by atoms with E-state index in [0.717, 1.165) is 40.7 Å². The van der Waals surface area contributed by atoms with Crippen molar-refractivity contribution in [3.8, 4) is 11.1 Å². The summed E-state index contributed by atoms with van der Waals surface area (Å²) in [6.07, 6.45) is 3.40. The van der Waals surface area contributed by atoms with E-state index in [1.54, 1.807) is 11.0 Å². The molecule has 2 aliphatic carbocycles. The van der Waals surface area contributed by atoms with Crippen LogP contribution in [0.25, 0.3) is 22.0 Å². The summed E-state index contributed by atoms with van der Waals surface area (Å²) in [5.74, 6) is 1.42. The van der Waals surface area contributed by atoms with E-state index in [0.29, 0.717) is 43.9 Å². The van der Waals surface area contributed by atoms with Crippen molar-refractivity contribution in [2.45, 2.75) is 31.2 Å². The van der Waals surface area contributed by atoms with Gasteiger partial charge in [-0.15, -0.1) is 0 Å². The van der Waals surface area contributed by atoms with Gasteiger partial charge in [0, 0.05) is 51.0 Å². The number of anilines is 1. The smallest absolute Gasteiger partial charge is 0.256 e. The monoisotopic (exact) mass is 500 g/mol. The number of aliphatic imine (C=N–C) groups is 1. The van der Waals surface area contributed by atoms with E-state index in [-0.39, 0.29) is 23.7 Å². The van der Waals surface area contributed by atoms with E-state index in [4.69, 9.17) is 4.99 Å². The summed E-state index contributed by atoms with van der Waals surface area (Å²) in [4.78, 5) is 33.9. The highest BCUT2D eigenvalue weighted by Gasteiger charge is 2.58. The van der Waals surface area contributed by atoms with Crippen LogP contribution in [0.2, 0.25) is 0 Å². The lowest BCUT2D eigenvalue weighted by molar-refractivity contribution is -0.139. The SMILES string of the molecule is CNc1nn(C)c2ccc(-c3ccc(C4=NC5(CC5)C(=O)N4CC4CN(C(=O)C5CC5)C4)c(F)c3)cc12. The van der Waals surface area contributed by atoms with Gasteiger partial charge < -0.3 is 10.2 Å². The van der Waals surface area contributed by atoms with Gasteiger partial charge in [0.15, 0.2) is 5.82 Å². The van der Waals surface area contributed by atoms with Crippen molar-refractivity contribution in [1.29, 1.82) is 0 Å². The number of aromatic nitrogens is 2. The van der Waals surface area contributed by atoms with Gasteiger partial charge in [-0.05, 0) is 61.1 Å². The summed E-state index contributed by atoms with van der Waals surface area (Å²) in [6, 6.07) is 11.1. The number of carbonyl (C=O) groups is 2. The first-order valence-electron chi connectivity index (χ1n) is 13.0. The zero-order valence-electron chi connectivity index (χ0n) is 21.0. The summed E-state index contributed by atoms with van der Waals surface area (Å²) in [6.45, 7) is 1.79. The molecule has 0 unspecified atom stereocenters. The third kappa shape index (κ3) is 3.54. The quantitative estimate of drug-likeness (QED) is 0.562. The summed E-state index contributed by atoms with van der Waals surface area (Å²) < 4.78 is 17.4. The van der Waals surface area contributed by atoms with Crippen LogP contribution in [0.5, 0.6) is 0 Å². The molecule has 0 bridgehead atoms. The van der Waals surface area contributed by atoms with Gasteiger partial charge in [-0.3, -0.25) is 24.2 Å². The molecule has 0 radical (unpaired) electrons. The number of carbonyl (C=O) groups excluding carboxylic acids is 2. The Balaban J connectivity index is 1.15. The van der Waals surface area contributed by atoms with Crippen molar-refractivity contribution in [3.05, 3.63) is 47.8 Å². The Bertz CT molecular complexity index is 1500. The molecule has 0 atom stereocenters. The Kier molecular flexibility index (Phi) is 4.78. The van der Waals surface area contributed by atoms with Gasteiger partial charge in [0.2, 0.25) is 5.91 Å². The van der Waals surface area contributed by atoms with Crippen LogP contribution in [0.15, 0.2) is 41.4 Å². The lowest BCUT2D eigenvalue weighted by atomic mass is 9.97. The molecule has 1 spiro atoms. The summed E-state index contributed by atoms with van der Waals surface area (Å²) in [5.41, 5.74) is 2.27. The molecule has 7 rings (SSSR count). The maximum atomic E-state index is 15.6. The number of benzene rings is 2. The third-order valence-electron chi connectivity index (χ3n) is 8.21. The van der Waals surface area contributed by atoms with Crippen LogP contribution in [-0.2, 0) is 16.6 Å². The fraction of sp³-hybridized carbons (Fsp3) is 0.429. The highest BCUT2D eigenvalue weighted by Crippen LogP contribution is 2.46. The summed E-state index contributed by atoms with van der Waals surface area (Å²) in [5, 5.41) is 8.56. The van der Waals surface area contributed by atoms with E-state index < -0.39 is 11.4 Å². The molecule has 2 saturated carbocycles. The Morgan fingerprint density at radius 1 is 1.14 bits per heavy atom. The number of amidine groups is 1. The molecule has 2 aromatic carbocycles. The van der Waals surface area contributed by atoms with Crippen molar-refractivity contribution in [2.24, 2.45) is 23.9 Å². The number of likely N-dealkylation sites (tertiary alicyclic amines) is 1. The minimum atomic E-state index is -0.706. The van der Waals surface area contributed by atoms with E-state index in [1.165, 1.54) is 6.07 Å². The van der Waals surface area contributed by atoms with Crippen molar-refractivity contribution in [1.82, 2.24) is 19.6 Å². The number of nitrogens with zero attached hydrogens (tertiary/aromatic N) is 5. The topological polar surface area (TPSA) is 82.8 Å². The Hall–Kier alpha value is -3.75. The minimum Gasteiger partial charge on any atom is -0.371 e. The molecule has 1 saturated heterocycles. The molecule has 2 aliphatic heterocycles. The Morgan fingerprint density at radius 2 is 1.86 bits per heavy atom. The number of hydrogen-bond donors (Lipinski definition) is 1. The van der Waals surface area contributed by atoms with Crippen LogP contribution in [-0.4, -0.2) is 69.5 Å². The number of fused-ring (bicyclic) bond motifs is 1. The van der Waals surface area contributed by atoms with Crippen molar-refractivity contribution in [2.75, 3.05) is 32.0 Å². The summed E-state index contributed by atoms with van der Waals surface area (Å²) in [7, 11) is 3.72. The van der Waals surface area contributed by atoms with Gasteiger partial charge >= 0.3 is 0 Å². The zero-order valence-corrected chi connectivity index (χ0v) is 21.0. The predicted molar refractivity (Wildman–Crippen MR) is 139 cm³/mol. The minimum absolute atomic E-state index is 0.0282. The molecular formula is C28H29FN6O2. The first kappa shape index (κ1) is 22.4. The number of hydrogen-bond acceptors (Lipinski definition) is 5. The number of amides is 2. The van der Waals surface area contributed by atoms with E-state index in [1.807, 2.05) is 47.9 Å². The summed E-state index contributed by atoms with van der Waals surface area (Å²) >= 11 is 0. The lowest BCUT2D eigenvalue weighted by Gasteiger charge is -2.41. The Labute approximate surface area is 214 Å². The van der Waals surface area contributed by atoms with E-state index >= 15 is 4.39 Å². The van der Waals surface area contributed by atoms with Crippen LogP contribution in [0.4, 0.5) is 10.2 Å². The zero-order chi connectivity index (χ0) is 25.5. The lowest BCUT2D eigenvalue weighted by Crippen LogP contribution is -2.55. The average molecular weight is 501 g/mol. The van der Waals surface area contributed by atoms with Gasteiger partial charge in [-0.25, -0.2) is 4.39 Å². The molecule has 37 heavy (non-hydrogen) atoms. The Morgan fingerprint density at radius 3 is 2.54 bits per heavy atom. The third-order valence-corrected chi connectivity index (χ3v) is 8.21. The van der Waals surface area contributed by atoms with Gasteiger partial charge in [-0.1, -0.05) is 12.1 Å². The van der Waals surface area contributed by atoms with Crippen molar-refractivity contribution < 1.29 is 14.0 Å². The standard InChI is InChI=1S/C28H29FN6O2/c1-30-24-21-11-18(6-8-23(21)33(2)32-24)19-5-7-20(22(29)12-19)25-31-28(9-10-28)27(37)35(25)15-16-13-34(14-16)26(36)17-3-4-17/h5-8,11-12,16-17H,3-4,9-10,13-15H2,1-2H3,(H,30,32). The number of aryl methyl sites for hydroxylation is 1. The van der Waals surface area contributed by atoms with E-state index in [2.05, 4.69) is 10.4 Å². The first-order chi connectivity index (χ1) is 17.9. The fourth-order valence-electron chi connectivity index (χ4n) is 5.70. The molecule has 1 aromatic heterocycles. The van der Waals surface area contributed by atoms with Crippen LogP contribution < -0.4 is 5.32 Å². The first-order valence-corrected chi connectivity index (χ1v) is 13.0. The molecule has 4 aliphatic rings. The van der Waals surface area contributed by atoms with Gasteiger partial charge in [0.1, 0.15) is 17.2 Å². The van der Waals surface area contributed by atoms with Crippen LogP contribution in [0.3, 0.4) is 0 Å². The predicted octanol–water partition coefficient (Wildman–Crippen LogP) is 3.41. The van der Waals surface area contributed by atoms with Crippen molar-refractivity contribution in [3.63, 3.8) is 0 Å². The molecule has 3 heterocycles. The normalized spacial score (nSPS) is 20.5. The molecule has 3 fully saturated rings. The number of nitrogens with one attached hydrogen (secondary N) is 1. The second kappa shape index (κ2) is 7.87. The van der Waals surface area contributed by atoms with Gasteiger partial charge in [-0.2, -0.15) is 5.10 Å². The molecular weight excluding hydrogens is 471 g/mol. The number of rotatable bonds is 6. The molecule has 3 aromatic rings. The highest BCUT2D eigenvalue weighted by molar-refractivity contribution is 6.16. The van der Waals surface area contributed by atoms with Crippen LogP contribution in [0, 0.1) is 17.7 Å². The van der Waals surface area contributed by atoms with Gasteiger partial charge in [0.05, 0.1) is 11.1 Å². The molecule has 8 nitrogen and oxygen atoms in total. The molecule has 190 valence electrons. The highest BCUT2D eigenvalue weighted by atomic mass is 19.1.